The third-order valence-corrected chi connectivity index (χ3v) is 3.87. The first-order valence-corrected chi connectivity index (χ1v) is 8.20. The van der Waals surface area contributed by atoms with Gasteiger partial charge in [0, 0.05) is 6.07 Å². The molecule has 0 unspecified atom stereocenters. The Bertz CT molecular complexity index is 1020. The SMILES string of the molecule is O=C1NC(=S)NC(=O)C1=Cc1ccc(OC(=O)c2ccccc2[N+](=O)[O-])cc1. The van der Waals surface area contributed by atoms with Gasteiger partial charge in [-0.2, -0.15) is 0 Å². The summed E-state index contributed by atoms with van der Waals surface area (Å²) in [7, 11) is 0. The third-order valence-electron chi connectivity index (χ3n) is 3.67. The molecule has 9 nitrogen and oxygen atoms in total. The average Bonchev–Trinajstić information content (AvgIpc) is 2.66. The van der Waals surface area contributed by atoms with Crippen molar-refractivity contribution in [2.24, 2.45) is 0 Å². The number of thiocarbonyl (C=S) groups is 1. The predicted octanol–water partition coefficient (Wildman–Crippen LogP) is 1.73. The molecule has 0 spiro atoms. The Balaban J connectivity index is 1.77. The van der Waals surface area contributed by atoms with Gasteiger partial charge in [0.25, 0.3) is 17.5 Å². The van der Waals surface area contributed by atoms with Crippen molar-refractivity contribution in [2.45, 2.75) is 0 Å². The van der Waals surface area contributed by atoms with Gasteiger partial charge in [0.05, 0.1) is 4.92 Å². The van der Waals surface area contributed by atoms with Crippen LogP contribution in [0, 0.1) is 10.1 Å². The first-order chi connectivity index (χ1) is 13.3. The minimum absolute atomic E-state index is 0.0654. The Morgan fingerprint density at radius 1 is 1.04 bits per heavy atom. The van der Waals surface area contributed by atoms with Gasteiger partial charge >= 0.3 is 5.97 Å². The van der Waals surface area contributed by atoms with Crippen molar-refractivity contribution in [3.05, 3.63) is 75.3 Å². The van der Waals surface area contributed by atoms with E-state index in [4.69, 9.17) is 17.0 Å². The highest BCUT2D eigenvalue weighted by atomic mass is 32.1. The van der Waals surface area contributed by atoms with E-state index in [2.05, 4.69) is 10.6 Å². The van der Waals surface area contributed by atoms with Crippen molar-refractivity contribution >= 4 is 46.9 Å². The van der Waals surface area contributed by atoms with E-state index >= 15 is 0 Å². The molecule has 10 heteroatoms. The number of nitro benzene ring substituents is 1. The molecule has 2 aromatic carbocycles. The summed E-state index contributed by atoms with van der Waals surface area (Å²) in [4.78, 5) is 46.2. The molecule has 1 aliphatic rings. The standard InChI is InChI=1S/C18H11N3O6S/c22-15-13(16(23)20-18(28)19-15)9-10-5-7-11(8-6-10)27-17(24)12-3-1-2-4-14(12)21(25)26/h1-9H,(H2,19,20,22,23,28). The molecule has 1 heterocycles. The van der Waals surface area contributed by atoms with Gasteiger partial charge in [0.1, 0.15) is 16.9 Å². The van der Waals surface area contributed by atoms with E-state index in [1.54, 1.807) is 0 Å². The Labute approximate surface area is 163 Å². The second kappa shape index (κ2) is 7.76. The van der Waals surface area contributed by atoms with E-state index in [0.29, 0.717) is 5.56 Å². The molecule has 0 aliphatic carbocycles. The van der Waals surface area contributed by atoms with Gasteiger partial charge in [-0.3, -0.25) is 30.3 Å². The molecular formula is C18H11N3O6S. The lowest BCUT2D eigenvalue weighted by atomic mass is 10.1. The number of nitrogens with zero attached hydrogens (tertiary/aromatic N) is 1. The van der Waals surface area contributed by atoms with E-state index in [9.17, 15) is 24.5 Å². The van der Waals surface area contributed by atoms with Gasteiger partial charge < -0.3 is 4.74 Å². The molecule has 2 aromatic rings. The molecule has 0 aromatic heterocycles. The van der Waals surface area contributed by atoms with Crippen molar-refractivity contribution < 1.29 is 24.0 Å². The number of hydrogen-bond acceptors (Lipinski definition) is 7. The number of carbonyl (C=O) groups excluding carboxylic acids is 3. The van der Waals surface area contributed by atoms with E-state index in [0.717, 1.165) is 0 Å². The topological polar surface area (TPSA) is 128 Å². The zero-order valence-electron chi connectivity index (χ0n) is 14.0. The van der Waals surface area contributed by atoms with Crippen LogP contribution < -0.4 is 15.4 Å². The minimum atomic E-state index is -0.877. The van der Waals surface area contributed by atoms with Crippen molar-refractivity contribution in [1.29, 1.82) is 0 Å². The molecular weight excluding hydrogens is 386 g/mol. The maximum Gasteiger partial charge on any atom is 0.350 e. The number of nitrogens with one attached hydrogen (secondary N) is 2. The summed E-state index contributed by atoms with van der Waals surface area (Å²) in [6, 6.07) is 11.3. The van der Waals surface area contributed by atoms with Crippen LogP contribution in [0.15, 0.2) is 54.1 Å². The van der Waals surface area contributed by atoms with Crippen molar-refractivity contribution in [2.75, 3.05) is 0 Å². The number of amides is 2. The molecule has 0 radical (unpaired) electrons. The van der Waals surface area contributed by atoms with Crippen LogP contribution in [0.4, 0.5) is 5.69 Å². The largest absolute Gasteiger partial charge is 0.423 e. The number of ether oxygens (including phenoxy) is 1. The zero-order chi connectivity index (χ0) is 20.3. The normalized spacial score (nSPS) is 13.4. The molecule has 3 rings (SSSR count). The van der Waals surface area contributed by atoms with Gasteiger partial charge in [0.2, 0.25) is 0 Å². The predicted molar refractivity (Wildman–Crippen MR) is 101 cm³/mol. The second-order valence-corrected chi connectivity index (χ2v) is 5.94. The summed E-state index contributed by atoms with van der Waals surface area (Å²) in [5.41, 5.74) is -0.164. The summed E-state index contributed by atoms with van der Waals surface area (Å²) < 4.78 is 5.15. The van der Waals surface area contributed by atoms with Crippen LogP contribution in [0.5, 0.6) is 5.75 Å². The van der Waals surface area contributed by atoms with Gasteiger partial charge in [-0.1, -0.05) is 24.3 Å². The van der Waals surface area contributed by atoms with Gasteiger partial charge in [-0.25, -0.2) is 4.79 Å². The summed E-state index contributed by atoms with van der Waals surface area (Å²) >= 11 is 4.72. The molecule has 0 atom stereocenters. The molecule has 0 saturated carbocycles. The van der Waals surface area contributed by atoms with E-state index in [-0.39, 0.29) is 27.7 Å². The first kappa shape index (κ1) is 18.9. The Morgan fingerprint density at radius 2 is 1.64 bits per heavy atom. The third kappa shape index (κ3) is 4.07. The Hall–Kier alpha value is -3.92. The summed E-state index contributed by atoms with van der Waals surface area (Å²) in [5, 5.41) is 15.6. The minimum Gasteiger partial charge on any atom is -0.423 e. The summed E-state index contributed by atoms with van der Waals surface area (Å²) in [6.07, 6.45) is 1.35. The lowest BCUT2D eigenvalue weighted by Crippen LogP contribution is -2.51. The molecule has 1 fully saturated rings. The van der Waals surface area contributed by atoms with Gasteiger partial charge in [0.15, 0.2) is 5.11 Å². The monoisotopic (exact) mass is 397 g/mol. The molecule has 2 N–H and O–H groups in total. The highest BCUT2D eigenvalue weighted by Crippen LogP contribution is 2.21. The molecule has 28 heavy (non-hydrogen) atoms. The van der Waals surface area contributed by atoms with E-state index < -0.39 is 22.7 Å². The van der Waals surface area contributed by atoms with Crippen LogP contribution in [0.1, 0.15) is 15.9 Å². The van der Waals surface area contributed by atoms with Crippen molar-refractivity contribution in [1.82, 2.24) is 10.6 Å². The Kier molecular flexibility index (Phi) is 5.23. The van der Waals surface area contributed by atoms with Crippen LogP contribution in [-0.2, 0) is 9.59 Å². The van der Waals surface area contributed by atoms with Crippen LogP contribution in [0.25, 0.3) is 6.08 Å². The lowest BCUT2D eigenvalue weighted by molar-refractivity contribution is -0.385. The van der Waals surface area contributed by atoms with Crippen LogP contribution in [0.2, 0.25) is 0 Å². The molecule has 1 saturated heterocycles. The number of esters is 1. The lowest BCUT2D eigenvalue weighted by Gasteiger charge is -2.16. The van der Waals surface area contributed by atoms with E-state index in [1.165, 1.54) is 54.6 Å². The smallest absolute Gasteiger partial charge is 0.350 e. The number of hydrogen-bond donors (Lipinski definition) is 2. The summed E-state index contributed by atoms with van der Waals surface area (Å²) in [5.74, 6) is -1.98. The van der Waals surface area contributed by atoms with Gasteiger partial charge in [-0.05, 0) is 42.1 Å². The average molecular weight is 397 g/mol. The summed E-state index contributed by atoms with van der Waals surface area (Å²) in [6.45, 7) is 0. The van der Waals surface area contributed by atoms with Gasteiger partial charge in [-0.15, -0.1) is 0 Å². The number of para-hydroxylation sites is 1. The molecule has 0 bridgehead atoms. The van der Waals surface area contributed by atoms with E-state index in [1.807, 2.05) is 0 Å². The number of rotatable bonds is 4. The maximum absolute atomic E-state index is 12.2. The zero-order valence-corrected chi connectivity index (χ0v) is 14.8. The first-order valence-electron chi connectivity index (χ1n) is 7.79. The van der Waals surface area contributed by atoms with Crippen molar-refractivity contribution in [3.8, 4) is 5.75 Å². The fraction of sp³-hybridized carbons (Fsp3) is 0. The number of carbonyl (C=O) groups is 3. The maximum atomic E-state index is 12.2. The molecule has 1 aliphatic heterocycles. The highest BCUT2D eigenvalue weighted by molar-refractivity contribution is 7.80. The fourth-order valence-corrected chi connectivity index (χ4v) is 2.56. The van der Waals surface area contributed by atoms with Crippen molar-refractivity contribution in [3.63, 3.8) is 0 Å². The fourth-order valence-electron chi connectivity index (χ4n) is 2.37. The van der Waals surface area contributed by atoms with Crippen LogP contribution in [0.3, 0.4) is 0 Å². The molecule has 2 amide bonds. The Morgan fingerprint density at radius 3 is 2.25 bits per heavy atom. The van der Waals surface area contributed by atoms with Crippen LogP contribution >= 0.6 is 12.2 Å². The highest BCUT2D eigenvalue weighted by Gasteiger charge is 2.25. The molecule has 140 valence electrons. The quantitative estimate of drug-likeness (QED) is 0.153. The number of nitro groups is 1. The second-order valence-electron chi connectivity index (χ2n) is 5.53. The number of benzene rings is 2. The van der Waals surface area contributed by atoms with Crippen LogP contribution in [-0.4, -0.2) is 27.8 Å².